The van der Waals surface area contributed by atoms with Gasteiger partial charge in [-0.25, -0.2) is 0 Å². The van der Waals surface area contributed by atoms with Crippen molar-refractivity contribution in [3.05, 3.63) is 0 Å². The zero-order chi connectivity index (χ0) is 12.5. The van der Waals surface area contributed by atoms with Crippen LogP contribution >= 0.6 is 0 Å². The predicted molar refractivity (Wildman–Crippen MR) is 67.3 cm³/mol. The second-order valence-corrected chi connectivity index (χ2v) is 3.85. The monoisotopic (exact) mass is 284 g/mol. The SMILES string of the molecule is CCCCCCCCCCC[C-]=O.N#CN.[Co]. The first-order chi connectivity index (χ1) is 7.83. The van der Waals surface area contributed by atoms with Gasteiger partial charge in [-0.15, -0.1) is 0 Å². The molecule has 0 rings (SSSR count). The molecular formula is C13H25CoN2O-. The van der Waals surface area contributed by atoms with Crippen molar-refractivity contribution in [2.75, 3.05) is 0 Å². The Morgan fingerprint density at radius 3 is 1.71 bits per heavy atom. The Kier molecular flexibility index (Phi) is 31.5. The second-order valence-electron chi connectivity index (χ2n) is 3.85. The van der Waals surface area contributed by atoms with Crippen molar-refractivity contribution in [2.24, 2.45) is 5.73 Å². The minimum atomic E-state index is 0. The molecule has 0 atom stereocenters. The van der Waals surface area contributed by atoms with E-state index in [9.17, 15) is 4.79 Å². The molecule has 0 bridgehead atoms. The molecular weight excluding hydrogens is 259 g/mol. The minimum Gasteiger partial charge on any atom is -0.542 e. The van der Waals surface area contributed by atoms with E-state index in [1.165, 1.54) is 57.6 Å². The molecule has 0 aliphatic carbocycles. The number of hydrogen-bond acceptors (Lipinski definition) is 3. The van der Waals surface area contributed by atoms with Gasteiger partial charge in [0, 0.05) is 16.8 Å². The number of rotatable bonds is 10. The van der Waals surface area contributed by atoms with Crippen LogP contribution in [0.15, 0.2) is 0 Å². The zero-order valence-electron chi connectivity index (χ0n) is 10.8. The molecule has 2 N–H and O–H groups in total. The normalized spacial score (nSPS) is 8.24. The fourth-order valence-corrected chi connectivity index (χ4v) is 1.51. The number of hydrogen-bond donors (Lipinski definition) is 1. The van der Waals surface area contributed by atoms with E-state index in [0.29, 0.717) is 6.42 Å². The van der Waals surface area contributed by atoms with E-state index >= 15 is 0 Å². The summed E-state index contributed by atoms with van der Waals surface area (Å²) in [5.74, 6) is 0. The maximum Gasteiger partial charge on any atom is 0.173 e. The summed E-state index contributed by atoms with van der Waals surface area (Å²) in [5.41, 5.74) is 4.15. The molecule has 0 aliphatic heterocycles. The number of nitrogens with zero attached hydrogens (tertiary/aromatic N) is 1. The molecule has 1 radical (unpaired) electrons. The molecule has 103 valence electrons. The van der Waals surface area contributed by atoms with E-state index < -0.39 is 0 Å². The summed E-state index contributed by atoms with van der Waals surface area (Å²) >= 11 is 0. The summed E-state index contributed by atoms with van der Waals surface area (Å²) in [6, 6.07) is 0. The largest absolute Gasteiger partial charge is 0.542 e. The van der Waals surface area contributed by atoms with Crippen LogP contribution < -0.4 is 5.73 Å². The van der Waals surface area contributed by atoms with Crippen LogP contribution in [-0.2, 0) is 21.6 Å². The van der Waals surface area contributed by atoms with Gasteiger partial charge >= 0.3 is 0 Å². The summed E-state index contributed by atoms with van der Waals surface area (Å²) in [7, 11) is 0. The van der Waals surface area contributed by atoms with Crippen LogP contribution in [0.3, 0.4) is 0 Å². The molecule has 0 aliphatic rings. The van der Waals surface area contributed by atoms with Gasteiger partial charge in [0.05, 0.1) is 0 Å². The van der Waals surface area contributed by atoms with Crippen molar-refractivity contribution >= 4 is 6.29 Å². The van der Waals surface area contributed by atoms with Gasteiger partial charge in [-0.1, -0.05) is 64.7 Å². The minimum absolute atomic E-state index is 0. The molecule has 0 aromatic heterocycles. The Morgan fingerprint density at radius 1 is 1.00 bits per heavy atom. The van der Waals surface area contributed by atoms with Gasteiger partial charge in [-0.05, 0) is 0 Å². The summed E-state index contributed by atoms with van der Waals surface area (Å²) in [4.78, 5) is 9.89. The standard InChI is InChI=1S/C12H23O.CH2N2.Co/c1-2-3-4-5-6-7-8-9-10-11-12-13;2-1-3;/h2-11H2,1H3;2H2;/q-1;;. The summed E-state index contributed by atoms with van der Waals surface area (Å²) in [6.07, 6.45) is 15.6. The van der Waals surface area contributed by atoms with E-state index in [4.69, 9.17) is 5.26 Å². The van der Waals surface area contributed by atoms with Gasteiger partial charge in [-0.2, -0.15) is 11.7 Å². The first-order valence-electron chi connectivity index (χ1n) is 6.28. The van der Waals surface area contributed by atoms with E-state index in [1.54, 1.807) is 0 Å². The molecule has 0 saturated carbocycles. The average Bonchev–Trinajstić information content (AvgIpc) is 2.28. The Bertz CT molecular complexity index is 169. The predicted octanol–water partition coefficient (Wildman–Crippen LogP) is 3.44. The molecule has 3 nitrogen and oxygen atoms in total. The molecule has 0 aromatic rings. The number of unbranched alkanes of at least 4 members (excludes halogenated alkanes) is 9. The topological polar surface area (TPSA) is 66.9 Å². The van der Waals surface area contributed by atoms with E-state index in [0.717, 1.165) is 6.42 Å². The first kappa shape index (κ1) is 21.7. The van der Waals surface area contributed by atoms with E-state index in [-0.39, 0.29) is 16.8 Å². The van der Waals surface area contributed by atoms with Gasteiger partial charge in [0.15, 0.2) is 6.19 Å². The molecule has 0 heterocycles. The van der Waals surface area contributed by atoms with Crippen molar-refractivity contribution < 1.29 is 21.6 Å². The number of carbonyl (C=O) groups excluding carboxylic acids is 1. The molecule has 4 heteroatoms. The molecule has 0 fully saturated rings. The molecule has 0 amide bonds. The van der Waals surface area contributed by atoms with Crippen LogP contribution in [0, 0.1) is 11.5 Å². The third kappa shape index (κ3) is 31.3. The van der Waals surface area contributed by atoms with Gasteiger partial charge < -0.3 is 10.5 Å². The fraction of sp³-hybridized carbons (Fsp3) is 0.846. The van der Waals surface area contributed by atoms with Crippen molar-refractivity contribution in [2.45, 2.75) is 71.1 Å². The molecule has 0 saturated heterocycles. The first-order valence-corrected chi connectivity index (χ1v) is 6.28. The van der Waals surface area contributed by atoms with Crippen molar-refractivity contribution in [3.8, 4) is 6.19 Å². The van der Waals surface area contributed by atoms with Gasteiger partial charge in [-0.3, -0.25) is 6.29 Å². The summed E-state index contributed by atoms with van der Waals surface area (Å²) in [5, 5.41) is 7.10. The van der Waals surface area contributed by atoms with Crippen LogP contribution in [0.1, 0.15) is 71.1 Å². The molecule has 17 heavy (non-hydrogen) atoms. The summed E-state index contributed by atoms with van der Waals surface area (Å²) < 4.78 is 0. The third-order valence-electron chi connectivity index (χ3n) is 2.38. The quantitative estimate of drug-likeness (QED) is 0.289. The molecule has 0 unspecified atom stereocenters. The fourth-order valence-electron chi connectivity index (χ4n) is 1.51. The van der Waals surface area contributed by atoms with E-state index in [1.807, 2.05) is 6.29 Å². The summed E-state index contributed by atoms with van der Waals surface area (Å²) in [6.45, 7) is 2.25. The van der Waals surface area contributed by atoms with Crippen LogP contribution in [-0.4, -0.2) is 6.29 Å². The van der Waals surface area contributed by atoms with Crippen LogP contribution in [0.25, 0.3) is 0 Å². The van der Waals surface area contributed by atoms with Crippen molar-refractivity contribution in [1.82, 2.24) is 0 Å². The van der Waals surface area contributed by atoms with Gasteiger partial charge in [0.2, 0.25) is 0 Å². The van der Waals surface area contributed by atoms with Crippen molar-refractivity contribution in [1.29, 1.82) is 5.26 Å². The van der Waals surface area contributed by atoms with Crippen LogP contribution in [0.4, 0.5) is 0 Å². The van der Waals surface area contributed by atoms with Crippen molar-refractivity contribution in [3.63, 3.8) is 0 Å². The number of nitrogens with two attached hydrogens (primary N) is 1. The Morgan fingerprint density at radius 2 is 1.35 bits per heavy atom. The van der Waals surface area contributed by atoms with E-state index in [2.05, 4.69) is 12.7 Å². The Hall–Kier alpha value is -0.534. The smallest absolute Gasteiger partial charge is 0.173 e. The maximum absolute atomic E-state index is 9.89. The van der Waals surface area contributed by atoms with Gasteiger partial charge in [0.1, 0.15) is 0 Å². The Labute approximate surface area is 116 Å². The number of nitriles is 1. The molecule has 0 aromatic carbocycles. The average molecular weight is 284 g/mol. The van der Waals surface area contributed by atoms with Gasteiger partial charge in [0.25, 0.3) is 0 Å². The van der Waals surface area contributed by atoms with Crippen LogP contribution in [0.5, 0.6) is 0 Å². The Balaban J connectivity index is -0.000000440. The molecule has 0 spiro atoms. The second kappa shape index (κ2) is 24.6. The maximum atomic E-state index is 9.89. The third-order valence-corrected chi connectivity index (χ3v) is 2.38. The zero-order valence-corrected chi connectivity index (χ0v) is 11.9. The van der Waals surface area contributed by atoms with Crippen LogP contribution in [0.2, 0.25) is 0 Å².